The van der Waals surface area contributed by atoms with Gasteiger partial charge in [-0.25, -0.2) is 15.4 Å². The predicted octanol–water partition coefficient (Wildman–Crippen LogP) is 2.82. The van der Waals surface area contributed by atoms with Crippen molar-refractivity contribution < 1.29 is 9.84 Å². The quantitative estimate of drug-likeness (QED) is 0.372. The van der Waals surface area contributed by atoms with Crippen molar-refractivity contribution in [3.05, 3.63) is 59.2 Å². The summed E-state index contributed by atoms with van der Waals surface area (Å²) in [6, 6.07) is 7.42. The van der Waals surface area contributed by atoms with Gasteiger partial charge in [-0.2, -0.15) is 0 Å². The maximum absolute atomic E-state index is 10.2. The zero-order chi connectivity index (χ0) is 22.5. The van der Waals surface area contributed by atoms with Crippen LogP contribution in [0.2, 0.25) is 0 Å². The molecule has 1 aromatic rings. The number of amidine groups is 1. The molecule has 2 atom stereocenters. The third kappa shape index (κ3) is 5.19. The first-order valence-electron chi connectivity index (χ1n) is 9.81. The van der Waals surface area contributed by atoms with Gasteiger partial charge in [-0.3, -0.25) is 15.3 Å². The molecule has 2 aliphatic heterocycles. The number of hydrogen-bond acceptors (Lipinski definition) is 8. The third-order valence-corrected chi connectivity index (χ3v) is 4.91. The van der Waals surface area contributed by atoms with E-state index in [0.29, 0.717) is 18.0 Å². The Hall–Kier alpha value is -3.43. The summed E-state index contributed by atoms with van der Waals surface area (Å²) in [4.78, 5) is 14.2. The standard InChI is InChI=1S/C22H27N7O2/c1-13-12-17(10-11-25-13)20-27-28-21(31-20)18(19(23)24-3)26-14(2)15-6-8-16(9-7-15)22(30)29(4)5/h6-11,17,22-23,28,30H,3,12H2,1-2,4-5H3. The summed E-state index contributed by atoms with van der Waals surface area (Å²) in [7, 11) is 3.61. The first-order valence-corrected chi connectivity index (χ1v) is 9.81. The third-order valence-electron chi connectivity index (χ3n) is 4.91. The Balaban J connectivity index is 1.84. The van der Waals surface area contributed by atoms with Crippen molar-refractivity contribution in [1.29, 1.82) is 5.41 Å². The van der Waals surface area contributed by atoms with Crippen LogP contribution in [0.15, 0.2) is 68.2 Å². The number of benzene rings is 1. The Morgan fingerprint density at radius 3 is 2.68 bits per heavy atom. The molecule has 0 fully saturated rings. The monoisotopic (exact) mass is 421 g/mol. The molecule has 31 heavy (non-hydrogen) atoms. The minimum absolute atomic E-state index is 0.0321. The second-order valence-electron chi connectivity index (χ2n) is 7.52. The lowest BCUT2D eigenvalue weighted by molar-refractivity contribution is 0.0395. The molecule has 0 aliphatic carbocycles. The maximum Gasteiger partial charge on any atom is 0.245 e. The van der Waals surface area contributed by atoms with Gasteiger partial charge in [0, 0.05) is 24.0 Å². The normalized spacial score (nSPS) is 21.1. The highest BCUT2D eigenvalue weighted by atomic mass is 16.5. The molecule has 0 spiro atoms. The largest absolute Gasteiger partial charge is 0.420 e. The van der Waals surface area contributed by atoms with E-state index in [1.807, 2.05) is 44.2 Å². The van der Waals surface area contributed by atoms with Crippen molar-refractivity contribution in [2.24, 2.45) is 26.0 Å². The first-order chi connectivity index (χ1) is 14.8. The topological polar surface area (TPSA) is 118 Å². The number of aliphatic hydroxyl groups excluding tert-OH is 1. The van der Waals surface area contributed by atoms with Crippen molar-refractivity contribution in [3.63, 3.8) is 0 Å². The van der Waals surface area contributed by atoms with Gasteiger partial charge < -0.3 is 9.84 Å². The Bertz CT molecular complexity index is 1020. The molecular weight excluding hydrogens is 394 g/mol. The van der Waals surface area contributed by atoms with Crippen LogP contribution in [0.1, 0.15) is 37.6 Å². The van der Waals surface area contributed by atoms with E-state index >= 15 is 0 Å². The van der Waals surface area contributed by atoms with E-state index in [-0.39, 0.29) is 23.3 Å². The van der Waals surface area contributed by atoms with Gasteiger partial charge in [-0.05, 0) is 45.8 Å². The summed E-state index contributed by atoms with van der Waals surface area (Å²) in [5.74, 6) is 0.565. The summed E-state index contributed by atoms with van der Waals surface area (Å²) in [6.45, 7) is 7.22. The van der Waals surface area contributed by atoms with E-state index in [2.05, 4.69) is 32.2 Å². The molecule has 3 rings (SSSR count). The fourth-order valence-electron chi connectivity index (χ4n) is 3.11. The van der Waals surface area contributed by atoms with E-state index in [9.17, 15) is 5.11 Å². The van der Waals surface area contributed by atoms with Crippen molar-refractivity contribution in [3.8, 4) is 0 Å². The van der Waals surface area contributed by atoms with Crippen LogP contribution in [-0.2, 0) is 4.74 Å². The predicted molar refractivity (Wildman–Crippen MR) is 124 cm³/mol. The van der Waals surface area contributed by atoms with Gasteiger partial charge in [0.1, 0.15) is 6.23 Å². The van der Waals surface area contributed by atoms with Crippen LogP contribution in [0.4, 0.5) is 0 Å². The van der Waals surface area contributed by atoms with E-state index in [1.54, 1.807) is 25.2 Å². The molecule has 1 aromatic carbocycles. The lowest BCUT2D eigenvalue weighted by Crippen LogP contribution is -2.19. The minimum atomic E-state index is -0.684. The van der Waals surface area contributed by atoms with E-state index in [0.717, 1.165) is 16.8 Å². The van der Waals surface area contributed by atoms with Gasteiger partial charge in [0.25, 0.3) is 0 Å². The molecule has 0 radical (unpaired) electrons. The Morgan fingerprint density at radius 2 is 2.06 bits per heavy atom. The zero-order valence-electron chi connectivity index (χ0n) is 18.1. The Labute approximate surface area is 181 Å². The summed E-state index contributed by atoms with van der Waals surface area (Å²) in [5.41, 5.74) is 6.29. The lowest BCUT2D eigenvalue weighted by atomic mass is 10.0. The maximum atomic E-state index is 10.2. The summed E-state index contributed by atoms with van der Waals surface area (Å²) in [6.07, 6.45) is 3.69. The van der Waals surface area contributed by atoms with Gasteiger partial charge >= 0.3 is 0 Å². The second-order valence-corrected chi connectivity index (χ2v) is 7.52. The molecule has 0 amide bonds. The van der Waals surface area contributed by atoms with Crippen LogP contribution in [0, 0.1) is 11.3 Å². The molecule has 0 saturated carbocycles. The number of hydrazone groups is 1. The van der Waals surface area contributed by atoms with Crippen LogP contribution < -0.4 is 5.43 Å². The molecule has 9 nitrogen and oxygen atoms in total. The average molecular weight is 422 g/mol. The number of nitrogens with one attached hydrogen (secondary N) is 2. The van der Waals surface area contributed by atoms with Crippen LogP contribution in [0.25, 0.3) is 0 Å². The number of rotatable bonds is 6. The molecule has 9 heteroatoms. The van der Waals surface area contributed by atoms with Gasteiger partial charge in [0.15, 0.2) is 11.5 Å². The second kappa shape index (κ2) is 9.59. The summed E-state index contributed by atoms with van der Waals surface area (Å²) >= 11 is 0. The fraction of sp³-hybridized carbons (Fsp3) is 0.318. The number of aliphatic imine (C=N–C) groups is 3. The van der Waals surface area contributed by atoms with Gasteiger partial charge in [-0.1, -0.05) is 30.3 Å². The van der Waals surface area contributed by atoms with Gasteiger partial charge in [0.05, 0.1) is 5.92 Å². The molecule has 2 unspecified atom stereocenters. The number of hydrogen-bond donors (Lipinski definition) is 3. The minimum Gasteiger partial charge on any atom is -0.420 e. The van der Waals surface area contributed by atoms with Gasteiger partial charge in [-0.15, -0.1) is 5.10 Å². The fourth-order valence-corrected chi connectivity index (χ4v) is 3.11. The first kappa shape index (κ1) is 22.3. The molecule has 0 saturated heterocycles. The number of aliphatic hydroxyl groups is 1. The van der Waals surface area contributed by atoms with Crippen molar-refractivity contribution in [2.75, 3.05) is 14.1 Å². The van der Waals surface area contributed by atoms with Crippen molar-refractivity contribution in [1.82, 2.24) is 10.3 Å². The van der Waals surface area contributed by atoms with E-state index in [1.165, 1.54) is 0 Å². The Kier molecular flexibility index (Phi) is 6.88. The highest BCUT2D eigenvalue weighted by Crippen LogP contribution is 2.23. The van der Waals surface area contributed by atoms with Crippen LogP contribution in [0.3, 0.4) is 0 Å². The number of nitrogens with zero attached hydrogens (tertiary/aromatic N) is 5. The Morgan fingerprint density at radius 1 is 1.35 bits per heavy atom. The van der Waals surface area contributed by atoms with Crippen LogP contribution in [-0.4, -0.2) is 54.0 Å². The highest BCUT2D eigenvalue weighted by Gasteiger charge is 2.27. The molecule has 0 bridgehead atoms. The van der Waals surface area contributed by atoms with E-state index < -0.39 is 6.23 Å². The van der Waals surface area contributed by atoms with Crippen molar-refractivity contribution in [2.45, 2.75) is 26.5 Å². The molecule has 0 aromatic heterocycles. The molecular formula is C22H27N7O2. The van der Waals surface area contributed by atoms with Crippen LogP contribution in [0.5, 0.6) is 0 Å². The van der Waals surface area contributed by atoms with Gasteiger partial charge in [0.2, 0.25) is 11.8 Å². The lowest BCUT2D eigenvalue weighted by Gasteiger charge is -2.18. The summed E-state index contributed by atoms with van der Waals surface area (Å²) < 4.78 is 5.89. The summed E-state index contributed by atoms with van der Waals surface area (Å²) in [5, 5.41) is 22.6. The molecule has 162 valence electrons. The average Bonchev–Trinajstić information content (AvgIpc) is 3.26. The SMILES string of the molecule is C=NC(=N)C(N=C(C)c1ccc(C(O)N(C)C)cc1)=C1NN=C(C2C=CN=C(C)C2)O1. The zero-order valence-corrected chi connectivity index (χ0v) is 18.1. The highest BCUT2D eigenvalue weighted by molar-refractivity contribution is 6.06. The van der Waals surface area contributed by atoms with Crippen LogP contribution >= 0.6 is 0 Å². The molecule has 2 heterocycles. The molecule has 3 N–H and O–H groups in total. The molecule has 2 aliphatic rings. The smallest absolute Gasteiger partial charge is 0.245 e. The van der Waals surface area contributed by atoms with Crippen molar-refractivity contribution >= 4 is 29.9 Å². The van der Waals surface area contributed by atoms with E-state index in [4.69, 9.17) is 10.1 Å². The number of ether oxygens (including phenoxy) is 1.